The van der Waals surface area contributed by atoms with E-state index in [-0.39, 0.29) is 5.91 Å². The Balaban J connectivity index is 2.89. The van der Waals surface area contributed by atoms with E-state index in [0.717, 1.165) is 22.4 Å². The average Bonchev–Trinajstić information content (AvgIpc) is 2.56. The van der Waals surface area contributed by atoms with Gasteiger partial charge in [0.1, 0.15) is 0 Å². The molecular formula is C15H19NO. The highest BCUT2D eigenvalue weighted by atomic mass is 16.1. The number of carbonyl (C=O) groups is 1. The molecule has 0 unspecified atom stereocenters. The van der Waals surface area contributed by atoms with Crippen LogP contribution in [0.1, 0.15) is 27.7 Å². The molecule has 1 amide bonds. The third-order valence-corrected chi connectivity index (χ3v) is 2.64. The standard InChI is InChI=1S/C15H19NO/c1-5-8-11(3)9-7-10-13-12(4)14(6-2)16-15(13)17/h5-10H,1-4H3,(H,16,17)/b8-5-,10-7-,11-9+,14-6+. The van der Waals surface area contributed by atoms with Gasteiger partial charge in [0.2, 0.25) is 0 Å². The molecule has 1 aliphatic rings. The van der Waals surface area contributed by atoms with E-state index in [0.29, 0.717) is 0 Å². The highest BCUT2D eigenvalue weighted by Gasteiger charge is 2.20. The maximum absolute atomic E-state index is 11.7. The largest absolute Gasteiger partial charge is 0.322 e. The van der Waals surface area contributed by atoms with Gasteiger partial charge in [-0.25, -0.2) is 0 Å². The van der Waals surface area contributed by atoms with Gasteiger partial charge in [0.05, 0.1) is 0 Å². The molecule has 1 heterocycles. The van der Waals surface area contributed by atoms with Crippen LogP contribution in [0.2, 0.25) is 0 Å². The van der Waals surface area contributed by atoms with Crippen LogP contribution in [0.25, 0.3) is 0 Å². The second kappa shape index (κ2) is 6.04. The van der Waals surface area contributed by atoms with Gasteiger partial charge in [-0.2, -0.15) is 0 Å². The maximum Gasteiger partial charge on any atom is 0.256 e. The van der Waals surface area contributed by atoms with Crippen molar-refractivity contribution in [2.45, 2.75) is 27.7 Å². The van der Waals surface area contributed by atoms with Crippen molar-refractivity contribution in [1.29, 1.82) is 0 Å². The summed E-state index contributed by atoms with van der Waals surface area (Å²) in [5, 5.41) is 2.83. The van der Waals surface area contributed by atoms with E-state index < -0.39 is 0 Å². The van der Waals surface area contributed by atoms with Gasteiger partial charge < -0.3 is 5.32 Å². The number of rotatable bonds is 3. The molecule has 0 fully saturated rings. The van der Waals surface area contributed by atoms with E-state index in [1.807, 2.05) is 64.2 Å². The van der Waals surface area contributed by atoms with Gasteiger partial charge in [-0.15, -0.1) is 0 Å². The maximum atomic E-state index is 11.7. The predicted octanol–water partition coefficient (Wildman–Crippen LogP) is 3.42. The summed E-state index contributed by atoms with van der Waals surface area (Å²) in [6.45, 7) is 7.88. The summed E-state index contributed by atoms with van der Waals surface area (Å²) in [5.74, 6) is -0.0241. The molecule has 1 rings (SSSR count). The second-order valence-corrected chi connectivity index (χ2v) is 3.96. The van der Waals surface area contributed by atoms with Crippen molar-refractivity contribution in [2.75, 3.05) is 0 Å². The Bertz CT molecular complexity index is 459. The number of allylic oxidation sites excluding steroid dienone is 7. The molecule has 0 aromatic carbocycles. The number of amides is 1. The molecule has 0 atom stereocenters. The quantitative estimate of drug-likeness (QED) is 0.738. The van der Waals surface area contributed by atoms with Crippen LogP contribution in [-0.4, -0.2) is 5.91 Å². The molecule has 2 heteroatoms. The van der Waals surface area contributed by atoms with E-state index in [1.54, 1.807) is 0 Å². The fourth-order valence-corrected chi connectivity index (χ4v) is 1.70. The zero-order valence-electron chi connectivity index (χ0n) is 10.9. The molecule has 0 aliphatic carbocycles. The molecule has 0 radical (unpaired) electrons. The first-order valence-corrected chi connectivity index (χ1v) is 5.76. The Morgan fingerprint density at radius 1 is 1.29 bits per heavy atom. The van der Waals surface area contributed by atoms with Gasteiger partial charge in [0, 0.05) is 11.3 Å². The Hall–Kier alpha value is -1.83. The third-order valence-electron chi connectivity index (χ3n) is 2.64. The number of nitrogens with one attached hydrogen (secondary N) is 1. The fourth-order valence-electron chi connectivity index (χ4n) is 1.70. The van der Waals surface area contributed by atoms with Crippen LogP contribution < -0.4 is 5.32 Å². The van der Waals surface area contributed by atoms with Crippen molar-refractivity contribution >= 4 is 5.91 Å². The predicted molar refractivity (Wildman–Crippen MR) is 72.3 cm³/mol. The van der Waals surface area contributed by atoms with E-state index in [9.17, 15) is 4.79 Å². The smallest absolute Gasteiger partial charge is 0.256 e. The van der Waals surface area contributed by atoms with Crippen LogP contribution in [0, 0.1) is 0 Å². The van der Waals surface area contributed by atoms with Gasteiger partial charge in [-0.3, -0.25) is 4.79 Å². The minimum absolute atomic E-state index is 0.0241. The molecule has 0 spiro atoms. The molecule has 1 N–H and O–H groups in total. The first kappa shape index (κ1) is 13.2. The summed E-state index contributed by atoms with van der Waals surface area (Å²) >= 11 is 0. The van der Waals surface area contributed by atoms with Gasteiger partial charge >= 0.3 is 0 Å². The van der Waals surface area contributed by atoms with Crippen molar-refractivity contribution in [1.82, 2.24) is 5.32 Å². The van der Waals surface area contributed by atoms with Crippen molar-refractivity contribution in [3.63, 3.8) is 0 Å². The summed E-state index contributed by atoms with van der Waals surface area (Å²) in [4.78, 5) is 11.7. The number of hydrogen-bond acceptors (Lipinski definition) is 1. The van der Waals surface area contributed by atoms with Gasteiger partial charge in [-0.1, -0.05) is 36.0 Å². The van der Waals surface area contributed by atoms with Crippen molar-refractivity contribution in [3.05, 3.63) is 58.9 Å². The highest BCUT2D eigenvalue weighted by Crippen LogP contribution is 2.20. The van der Waals surface area contributed by atoms with E-state index >= 15 is 0 Å². The molecule has 17 heavy (non-hydrogen) atoms. The molecule has 0 aromatic heterocycles. The summed E-state index contributed by atoms with van der Waals surface area (Å²) < 4.78 is 0. The Kier molecular flexibility index (Phi) is 4.70. The normalized spacial score (nSPS) is 20.1. The zero-order valence-corrected chi connectivity index (χ0v) is 10.9. The van der Waals surface area contributed by atoms with Crippen LogP contribution >= 0.6 is 0 Å². The summed E-state index contributed by atoms with van der Waals surface area (Å²) in [6.07, 6.45) is 11.7. The molecule has 0 aromatic rings. The van der Waals surface area contributed by atoms with Crippen LogP contribution in [0.4, 0.5) is 0 Å². The van der Waals surface area contributed by atoms with Gasteiger partial charge in [-0.05, 0) is 39.3 Å². The van der Waals surface area contributed by atoms with Crippen molar-refractivity contribution in [3.8, 4) is 0 Å². The summed E-state index contributed by atoms with van der Waals surface area (Å²) in [5.41, 5.74) is 3.81. The Labute approximate surface area is 103 Å². The minimum Gasteiger partial charge on any atom is -0.322 e. The average molecular weight is 229 g/mol. The molecule has 0 bridgehead atoms. The van der Waals surface area contributed by atoms with Crippen LogP contribution in [0.3, 0.4) is 0 Å². The summed E-state index contributed by atoms with van der Waals surface area (Å²) in [6, 6.07) is 0. The molecule has 0 saturated carbocycles. The van der Waals surface area contributed by atoms with Crippen LogP contribution in [0.5, 0.6) is 0 Å². The number of carbonyl (C=O) groups excluding carboxylic acids is 1. The first-order chi connectivity index (χ1) is 8.10. The molecule has 90 valence electrons. The molecule has 0 saturated heterocycles. The van der Waals surface area contributed by atoms with Crippen LogP contribution in [-0.2, 0) is 4.79 Å². The lowest BCUT2D eigenvalue weighted by molar-refractivity contribution is -0.115. The Morgan fingerprint density at radius 3 is 2.53 bits per heavy atom. The lowest BCUT2D eigenvalue weighted by Crippen LogP contribution is -2.15. The van der Waals surface area contributed by atoms with Gasteiger partial charge in [0.25, 0.3) is 5.91 Å². The first-order valence-electron chi connectivity index (χ1n) is 5.76. The third kappa shape index (κ3) is 3.31. The molecule has 1 aliphatic heterocycles. The minimum atomic E-state index is -0.0241. The van der Waals surface area contributed by atoms with E-state index in [4.69, 9.17) is 0 Å². The second-order valence-electron chi connectivity index (χ2n) is 3.96. The topological polar surface area (TPSA) is 29.1 Å². The fraction of sp³-hybridized carbons (Fsp3) is 0.267. The lowest BCUT2D eigenvalue weighted by atomic mass is 10.1. The monoisotopic (exact) mass is 229 g/mol. The molecule has 2 nitrogen and oxygen atoms in total. The SMILES string of the molecule is C\C=C/C(C)=C/C=C\C1=C(C)C(=C\C)/NC1=O. The molecular weight excluding hydrogens is 210 g/mol. The van der Waals surface area contributed by atoms with Crippen molar-refractivity contribution in [2.24, 2.45) is 0 Å². The van der Waals surface area contributed by atoms with E-state index in [1.165, 1.54) is 0 Å². The van der Waals surface area contributed by atoms with Gasteiger partial charge in [0.15, 0.2) is 0 Å². The van der Waals surface area contributed by atoms with E-state index in [2.05, 4.69) is 5.32 Å². The Morgan fingerprint density at radius 2 is 2.00 bits per heavy atom. The zero-order chi connectivity index (χ0) is 12.8. The lowest BCUT2D eigenvalue weighted by Gasteiger charge is -1.95. The van der Waals surface area contributed by atoms with Crippen molar-refractivity contribution < 1.29 is 4.79 Å². The summed E-state index contributed by atoms with van der Waals surface area (Å²) in [7, 11) is 0. The number of hydrogen-bond donors (Lipinski definition) is 1. The highest BCUT2D eigenvalue weighted by molar-refractivity contribution is 6.02. The van der Waals surface area contributed by atoms with Crippen LogP contribution in [0.15, 0.2) is 58.9 Å².